The summed E-state index contributed by atoms with van der Waals surface area (Å²) in [6.45, 7) is 2.47. The van der Waals surface area contributed by atoms with Gasteiger partial charge in [0, 0.05) is 12.3 Å². The van der Waals surface area contributed by atoms with Gasteiger partial charge in [0.15, 0.2) is 11.6 Å². The van der Waals surface area contributed by atoms with Crippen LogP contribution in [0.5, 0.6) is 5.75 Å². The molecule has 1 aromatic heterocycles. The molecule has 2 aromatic rings. The summed E-state index contributed by atoms with van der Waals surface area (Å²) in [5.41, 5.74) is 0.450. The van der Waals surface area contributed by atoms with Crippen molar-refractivity contribution in [1.29, 1.82) is 0 Å². The molecule has 2 fully saturated rings. The van der Waals surface area contributed by atoms with E-state index in [9.17, 15) is 9.18 Å². The molecule has 4 rings (SSSR count). The number of ether oxygens (including phenoxy) is 2. The Hall–Kier alpha value is -2.68. The summed E-state index contributed by atoms with van der Waals surface area (Å²) in [6.07, 6.45) is 4.11. The van der Waals surface area contributed by atoms with Crippen LogP contribution in [0.25, 0.3) is 0 Å². The Bertz CT molecular complexity index is 764. The summed E-state index contributed by atoms with van der Waals surface area (Å²) in [5, 5.41) is 10.8. The van der Waals surface area contributed by atoms with Gasteiger partial charge in [-0.1, -0.05) is 5.21 Å². The number of hydrogen-bond acceptors (Lipinski definition) is 6. The van der Waals surface area contributed by atoms with Gasteiger partial charge in [0.2, 0.25) is 0 Å². The lowest BCUT2D eigenvalue weighted by Gasteiger charge is -2.24. The number of anilines is 1. The molecule has 8 nitrogen and oxygen atoms in total. The van der Waals surface area contributed by atoms with Gasteiger partial charge in [-0.15, -0.1) is 5.10 Å². The molecule has 2 aliphatic rings. The van der Waals surface area contributed by atoms with E-state index in [1.807, 2.05) is 0 Å². The zero-order valence-corrected chi connectivity index (χ0v) is 14.2. The molecule has 2 saturated heterocycles. The highest BCUT2D eigenvalue weighted by Crippen LogP contribution is 2.28. The van der Waals surface area contributed by atoms with Crippen molar-refractivity contribution in [3.63, 3.8) is 0 Å². The second-order valence-electron chi connectivity index (χ2n) is 6.42. The Morgan fingerprint density at radius 2 is 2.19 bits per heavy atom. The quantitative estimate of drug-likeness (QED) is 0.871. The van der Waals surface area contributed by atoms with Gasteiger partial charge >= 0.3 is 6.09 Å². The van der Waals surface area contributed by atoms with Crippen LogP contribution in [0.1, 0.15) is 12.8 Å². The molecule has 1 atom stereocenters. The molecule has 0 aliphatic carbocycles. The van der Waals surface area contributed by atoms with E-state index in [2.05, 4.69) is 15.6 Å². The predicted molar refractivity (Wildman–Crippen MR) is 90.6 cm³/mol. The second-order valence-corrected chi connectivity index (χ2v) is 6.42. The van der Waals surface area contributed by atoms with Crippen LogP contribution in [0.3, 0.4) is 0 Å². The zero-order chi connectivity index (χ0) is 17.9. The van der Waals surface area contributed by atoms with E-state index in [1.165, 1.54) is 11.0 Å². The normalized spacial score (nSPS) is 21.0. The number of cyclic esters (lactones) is 1. The van der Waals surface area contributed by atoms with Crippen LogP contribution in [-0.4, -0.2) is 52.9 Å². The number of halogens is 1. The molecular formula is C17H20FN5O3. The van der Waals surface area contributed by atoms with Crippen LogP contribution >= 0.6 is 0 Å². The number of carbonyl (C=O) groups excluding carboxylic acids is 1. The molecule has 9 heteroatoms. The minimum atomic E-state index is -0.499. The average Bonchev–Trinajstić information content (AvgIpc) is 3.28. The molecule has 0 bridgehead atoms. The average molecular weight is 361 g/mol. The molecule has 0 spiro atoms. The summed E-state index contributed by atoms with van der Waals surface area (Å²) in [6, 6.07) is 4.57. The minimum absolute atomic E-state index is 0.0143. The summed E-state index contributed by atoms with van der Waals surface area (Å²) in [7, 11) is 0. The minimum Gasteiger partial charge on any atom is -0.487 e. The number of piperidine rings is 1. The van der Waals surface area contributed by atoms with Gasteiger partial charge in [-0.2, -0.15) is 0 Å². The van der Waals surface area contributed by atoms with Crippen LogP contribution in [0.2, 0.25) is 0 Å². The standard InChI is InChI=1S/C17H20FN5O3/c18-15-9-12(1-2-16(15)25-13-3-5-19-6-4-13)23-11-14(26-17(23)24)10-22-8-7-20-21-22/h1-2,7-9,13-14,19H,3-6,10-11H2/t14-/m0/s1. The molecular weight excluding hydrogens is 341 g/mol. The smallest absolute Gasteiger partial charge is 0.414 e. The number of nitrogens with one attached hydrogen (secondary N) is 1. The van der Waals surface area contributed by atoms with E-state index < -0.39 is 11.9 Å². The lowest BCUT2D eigenvalue weighted by molar-refractivity contribution is 0.129. The molecule has 1 N–H and O–H groups in total. The number of amides is 1. The van der Waals surface area contributed by atoms with Crippen molar-refractivity contribution in [3.8, 4) is 5.75 Å². The van der Waals surface area contributed by atoms with Crippen molar-refractivity contribution in [2.75, 3.05) is 24.5 Å². The first kappa shape index (κ1) is 16.8. The fourth-order valence-electron chi connectivity index (χ4n) is 3.21. The van der Waals surface area contributed by atoms with Crippen molar-refractivity contribution in [1.82, 2.24) is 20.3 Å². The predicted octanol–water partition coefficient (Wildman–Crippen LogP) is 1.57. The summed E-state index contributed by atoms with van der Waals surface area (Å²) in [4.78, 5) is 13.5. The summed E-state index contributed by atoms with van der Waals surface area (Å²) < 4.78 is 27.1. The van der Waals surface area contributed by atoms with E-state index in [0.29, 0.717) is 18.8 Å². The monoisotopic (exact) mass is 361 g/mol. The first-order valence-corrected chi connectivity index (χ1v) is 8.68. The van der Waals surface area contributed by atoms with Crippen LogP contribution in [0.15, 0.2) is 30.6 Å². The van der Waals surface area contributed by atoms with E-state index >= 15 is 0 Å². The number of benzene rings is 1. The first-order valence-electron chi connectivity index (χ1n) is 8.68. The highest BCUT2D eigenvalue weighted by molar-refractivity contribution is 5.89. The van der Waals surface area contributed by atoms with Crippen LogP contribution in [-0.2, 0) is 11.3 Å². The number of hydrogen-bond donors (Lipinski definition) is 1. The lowest BCUT2D eigenvalue weighted by atomic mass is 10.1. The van der Waals surface area contributed by atoms with Crippen LogP contribution in [0, 0.1) is 5.82 Å². The van der Waals surface area contributed by atoms with Gasteiger partial charge in [-0.3, -0.25) is 4.90 Å². The number of aromatic nitrogens is 3. The zero-order valence-electron chi connectivity index (χ0n) is 14.2. The first-order chi connectivity index (χ1) is 12.7. The van der Waals surface area contributed by atoms with Gasteiger partial charge in [0.1, 0.15) is 12.2 Å². The maximum atomic E-state index is 14.4. The Morgan fingerprint density at radius 1 is 1.35 bits per heavy atom. The van der Waals surface area contributed by atoms with Gasteiger partial charge in [0.05, 0.1) is 25.0 Å². The number of carbonyl (C=O) groups is 1. The summed E-state index contributed by atoms with van der Waals surface area (Å²) >= 11 is 0. The van der Waals surface area contributed by atoms with Crippen molar-refractivity contribution >= 4 is 11.8 Å². The lowest BCUT2D eigenvalue weighted by Crippen LogP contribution is -2.34. The maximum absolute atomic E-state index is 14.4. The maximum Gasteiger partial charge on any atom is 0.414 e. The molecule has 1 aromatic carbocycles. The van der Waals surface area contributed by atoms with Gasteiger partial charge in [-0.05, 0) is 38.1 Å². The molecule has 26 heavy (non-hydrogen) atoms. The fourth-order valence-corrected chi connectivity index (χ4v) is 3.21. The molecule has 0 radical (unpaired) electrons. The Kier molecular flexibility index (Phi) is 4.70. The van der Waals surface area contributed by atoms with E-state index in [0.717, 1.165) is 25.9 Å². The Labute approximate surface area is 149 Å². The number of nitrogens with zero attached hydrogens (tertiary/aromatic N) is 4. The van der Waals surface area contributed by atoms with E-state index in [1.54, 1.807) is 29.2 Å². The molecule has 0 unspecified atom stereocenters. The number of rotatable bonds is 5. The van der Waals surface area contributed by atoms with Crippen molar-refractivity contribution in [2.24, 2.45) is 0 Å². The largest absolute Gasteiger partial charge is 0.487 e. The molecule has 3 heterocycles. The van der Waals surface area contributed by atoms with E-state index in [-0.39, 0.29) is 18.0 Å². The molecule has 2 aliphatic heterocycles. The van der Waals surface area contributed by atoms with Crippen molar-refractivity contribution in [3.05, 3.63) is 36.4 Å². The Morgan fingerprint density at radius 3 is 2.92 bits per heavy atom. The highest BCUT2D eigenvalue weighted by Gasteiger charge is 2.33. The molecule has 138 valence electrons. The van der Waals surface area contributed by atoms with E-state index in [4.69, 9.17) is 9.47 Å². The third-order valence-electron chi connectivity index (χ3n) is 4.54. The fraction of sp³-hybridized carbons (Fsp3) is 0.471. The molecule has 0 saturated carbocycles. The van der Waals surface area contributed by atoms with Gasteiger partial charge in [0.25, 0.3) is 0 Å². The van der Waals surface area contributed by atoms with Gasteiger partial charge in [-0.25, -0.2) is 13.9 Å². The second kappa shape index (κ2) is 7.28. The third-order valence-corrected chi connectivity index (χ3v) is 4.54. The summed E-state index contributed by atoms with van der Waals surface area (Å²) in [5.74, 6) is -0.263. The third kappa shape index (κ3) is 3.62. The topological polar surface area (TPSA) is 81.5 Å². The highest BCUT2D eigenvalue weighted by atomic mass is 19.1. The van der Waals surface area contributed by atoms with Crippen LogP contribution < -0.4 is 15.0 Å². The van der Waals surface area contributed by atoms with Gasteiger partial charge < -0.3 is 14.8 Å². The molecule has 1 amide bonds. The van der Waals surface area contributed by atoms with Crippen molar-refractivity contribution in [2.45, 2.75) is 31.6 Å². The Balaban J connectivity index is 1.42. The van der Waals surface area contributed by atoms with Crippen LogP contribution in [0.4, 0.5) is 14.9 Å². The van der Waals surface area contributed by atoms with Crippen molar-refractivity contribution < 1.29 is 18.7 Å². The SMILES string of the molecule is O=C1O[C@@H](Cn2ccnn2)CN1c1ccc(OC2CCNCC2)c(F)c1.